The summed E-state index contributed by atoms with van der Waals surface area (Å²) in [6.45, 7) is 2.28. The topological polar surface area (TPSA) is 26.3 Å². The molecule has 1 aliphatic rings. The Morgan fingerprint density at radius 3 is 2.88 bits per heavy atom. The van der Waals surface area contributed by atoms with Crippen LogP contribution in [0.25, 0.3) is 0 Å². The van der Waals surface area contributed by atoms with Gasteiger partial charge in [-0.15, -0.1) is 0 Å². The Kier molecular flexibility index (Phi) is 3.26. The van der Waals surface area contributed by atoms with E-state index in [-0.39, 0.29) is 17.8 Å². The predicted octanol–water partition coefficient (Wildman–Crippen LogP) is 2.24. The van der Waals surface area contributed by atoms with Crippen LogP contribution in [0, 0.1) is 23.7 Å². The lowest BCUT2D eigenvalue weighted by molar-refractivity contribution is -0.144. The average Bonchev–Trinajstić information content (AvgIpc) is 3.08. The first kappa shape index (κ1) is 10.8. The van der Waals surface area contributed by atoms with Gasteiger partial charge in [-0.05, 0) is 25.5 Å². The molecule has 2 heteroatoms. The number of carbonyl (C=O) groups is 1. The van der Waals surface area contributed by atoms with Crippen molar-refractivity contribution in [3.63, 3.8) is 0 Å². The lowest BCUT2D eigenvalue weighted by Crippen LogP contribution is -2.07. The SMILES string of the molecule is CCOC(=O)[C@H]1C[C@@H]1C#Cc1ccccc1. The maximum absolute atomic E-state index is 11.3. The minimum atomic E-state index is -0.102. The molecule has 0 spiro atoms. The molecule has 0 unspecified atom stereocenters. The van der Waals surface area contributed by atoms with Gasteiger partial charge in [0.05, 0.1) is 12.5 Å². The van der Waals surface area contributed by atoms with E-state index >= 15 is 0 Å². The van der Waals surface area contributed by atoms with Gasteiger partial charge in [-0.2, -0.15) is 0 Å². The molecule has 2 atom stereocenters. The summed E-state index contributed by atoms with van der Waals surface area (Å²) in [5.41, 5.74) is 0.997. The van der Waals surface area contributed by atoms with E-state index in [2.05, 4.69) is 11.8 Å². The van der Waals surface area contributed by atoms with Crippen LogP contribution in [0.2, 0.25) is 0 Å². The van der Waals surface area contributed by atoms with Gasteiger partial charge >= 0.3 is 5.97 Å². The standard InChI is InChI=1S/C14H14O2/c1-2-16-14(15)13-10-12(13)9-8-11-6-4-3-5-7-11/h3-7,12-13H,2,10H2,1H3/t12-,13-/m0/s1. The molecule has 82 valence electrons. The number of carbonyl (C=O) groups excluding carboxylic acids is 1. The molecule has 1 fully saturated rings. The molecule has 1 aliphatic carbocycles. The monoisotopic (exact) mass is 214 g/mol. The molecule has 0 aliphatic heterocycles. The molecule has 16 heavy (non-hydrogen) atoms. The van der Waals surface area contributed by atoms with E-state index in [0.29, 0.717) is 6.61 Å². The zero-order valence-electron chi connectivity index (χ0n) is 9.27. The van der Waals surface area contributed by atoms with Crippen LogP contribution in [0.5, 0.6) is 0 Å². The fourth-order valence-corrected chi connectivity index (χ4v) is 1.56. The number of hydrogen-bond acceptors (Lipinski definition) is 2. The maximum Gasteiger partial charge on any atom is 0.310 e. The highest BCUT2D eigenvalue weighted by Crippen LogP contribution is 2.38. The summed E-state index contributed by atoms with van der Waals surface area (Å²) in [6, 6.07) is 9.81. The van der Waals surface area contributed by atoms with E-state index in [1.807, 2.05) is 37.3 Å². The molecule has 1 aromatic rings. The van der Waals surface area contributed by atoms with E-state index in [4.69, 9.17) is 4.74 Å². The number of ether oxygens (including phenoxy) is 1. The van der Waals surface area contributed by atoms with Gasteiger partial charge < -0.3 is 4.74 Å². The Hall–Kier alpha value is -1.75. The second-order valence-electron chi connectivity index (χ2n) is 3.84. The van der Waals surface area contributed by atoms with Crippen LogP contribution in [-0.4, -0.2) is 12.6 Å². The minimum Gasteiger partial charge on any atom is -0.466 e. The van der Waals surface area contributed by atoms with Crippen molar-refractivity contribution in [3.8, 4) is 11.8 Å². The van der Waals surface area contributed by atoms with Crippen molar-refractivity contribution in [2.24, 2.45) is 11.8 Å². The zero-order chi connectivity index (χ0) is 11.4. The highest BCUT2D eigenvalue weighted by Gasteiger charge is 2.43. The summed E-state index contributed by atoms with van der Waals surface area (Å²) < 4.78 is 4.94. The summed E-state index contributed by atoms with van der Waals surface area (Å²) >= 11 is 0. The number of benzene rings is 1. The van der Waals surface area contributed by atoms with Crippen molar-refractivity contribution >= 4 is 5.97 Å². The predicted molar refractivity (Wildman–Crippen MR) is 61.6 cm³/mol. The highest BCUT2D eigenvalue weighted by atomic mass is 16.5. The Labute approximate surface area is 95.6 Å². The molecular weight excluding hydrogens is 200 g/mol. The maximum atomic E-state index is 11.3. The molecule has 0 bridgehead atoms. The smallest absolute Gasteiger partial charge is 0.310 e. The summed E-state index contributed by atoms with van der Waals surface area (Å²) in [5, 5.41) is 0. The summed E-state index contributed by atoms with van der Waals surface area (Å²) in [6.07, 6.45) is 0.846. The number of hydrogen-bond donors (Lipinski definition) is 0. The van der Waals surface area contributed by atoms with E-state index in [1.165, 1.54) is 0 Å². The van der Waals surface area contributed by atoms with E-state index in [9.17, 15) is 4.79 Å². The number of esters is 1. The average molecular weight is 214 g/mol. The Bertz CT molecular complexity index is 425. The first-order chi connectivity index (χ1) is 7.81. The summed E-state index contributed by atoms with van der Waals surface area (Å²) in [5.74, 6) is 6.29. The summed E-state index contributed by atoms with van der Waals surface area (Å²) in [7, 11) is 0. The van der Waals surface area contributed by atoms with Crippen molar-refractivity contribution in [2.75, 3.05) is 6.61 Å². The van der Waals surface area contributed by atoms with Crippen LogP contribution >= 0.6 is 0 Å². The molecular formula is C14H14O2. The van der Waals surface area contributed by atoms with Crippen LogP contribution in [0.15, 0.2) is 30.3 Å². The quantitative estimate of drug-likeness (QED) is 0.557. The van der Waals surface area contributed by atoms with Gasteiger partial charge in [0.2, 0.25) is 0 Å². The fourth-order valence-electron chi connectivity index (χ4n) is 1.56. The molecule has 0 radical (unpaired) electrons. The van der Waals surface area contributed by atoms with E-state index in [0.717, 1.165) is 12.0 Å². The second-order valence-corrected chi connectivity index (χ2v) is 3.84. The molecule has 2 rings (SSSR count). The highest BCUT2D eigenvalue weighted by molar-refractivity contribution is 5.76. The Balaban J connectivity index is 1.90. The fraction of sp³-hybridized carbons (Fsp3) is 0.357. The van der Waals surface area contributed by atoms with E-state index < -0.39 is 0 Å². The van der Waals surface area contributed by atoms with Gasteiger partial charge in [-0.1, -0.05) is 30.0 Å². The van der Waals surface area contributed by atoms with Crippen LogP contribution in [0.1, 0.15) is 18.9 Å². The van der Waals surface area contributed by atoms with Crippen molar-refractivity contribution in [2.45, 2.75) is 13.3 Å². The van der Waals surface area contributed by atoms with Crippen molar-refractivity contribution in [3.05, 3.63) is 35.9 Å². The van der Waals surface area contributed by atoms with Crippen LogP contribution < -0.4 is 0 Å². The molecule has 0 N–H and O–H groups in total. The van der Waals surface area contributed by atoms with Crippen LogP contribution in [-0.2, 0) is 9.53 Å². The molecule has 1 saturated carbocycles. The van der Waals surface area contributed by atoms with Gasteiger partial charge in [0.25, 0.3) is 0 Å². The molecule has 2 nitrogen and oxygen atoms in total. The molecule has 1 aromatic carbocycles. The third kappa shape index (κ3) is 2.64. The van der Waals surface area contributed by atoms with Crippen LogP contribution in [0.4, 0.5) is 0 Å². The van der Waals surface area contributed by atoms with Gasteiger partial charge in [-0.3, -0.25) is 4.79 Å². The number of rotatable bonds is 2. The Morgan fingerprint density at radius 2 is 2.19 bits per heavy atom. The molecule has 0 amide bonds. The lowest BCUT2D eigenvalue weighted by Gasteiger charge is -1.97. The Morgan fingerprint density at radius 1 is 1.44 bits per heavy atom. The lowest BCUT2D eigenvalue weighted by atomic mass is 10.2. The second kappa shape index (κ2) is 4.85. The third-order valence-electron chi connectivity index (χ3n) is 2.56. The normalized spacial score (nSPS) is 21.8. The largest absolute Gasteiger partial charge is 0.466 e. The van der Waals surface area contributed by atoms with Gasteiger partial charge in [0, 0.05) is 11.5 Å². The van der Waals surface area contributed by atoms with Gasteiger partial charge in [-0.25, -0.2) is 0 Å². The first-order valence-corrected chi connectivity index (χ1v) is 5.54. The van der Waals surface area contributed by atoms with Gasteiger partial charge in [0.15, 0.2) is 0 Å². The van der Waals surface area contributed by atoms with Crippen molar-refractivity contribution in [1.29, 1.82) is 0 Å². The van der Waals surface area contributed by atoms with Gasteiger partial charge in [0.1, 0.15) is 0 Å². The van der Waals surface area contributed by atoms with Crippen molar-refractivity contribution in [1.82, 2.24) is 0 Å². The summed E-state index contributed by atoms with van der Waals surface area (Å²) in [4.78, 5) is 11.3. The third-order valence-corrected chi connectivity index (χ3v) is 2.56. The minimum absolute atomic E-state index is 0.0103. The molecule has 0 heterocycles. The van der Waals surface area contributed by atoms with E-state index in [1.54, 1.807) is 0 Å². The van der Waals surface area contributed by atoms with Crippen LogP contribution in [0.3, 0.4) is 0 Å². The van der Waals surface area contributed by atoms with Crippen molar-refractivity contribution < 1.29 is 9.53 Å². The molecule has 0 saturated heterocycles. The first-order valence-electron chi connectivity index (χ1n) is 5.54. The zero-order valence-corrected chi connectivity index (χ0v) is 9.27. The molecule has 0 aromatic heterocycles.